The zero-order chi connectivity index (χ0) is 27.4. The van der Waals surface area contributed by atoms with Crippen LogP contribution < -0.4 is 5.32 Å². The summed E-state index contributed by atoms with van der Waals surface area (Å²) < 4.78 is 41.0. The Bertz CT molecular complexity index is 1460. The zero-order valence-electron chi connectivity index (χ0n) is 20.9. The smallest absolute Gasteiger partial charge is 0.280 e. The molecule has 0 bridgehead atoms. The molecule has 1 N–H and O–H groups in total. The SMILES string of the molecule is O=C(Nc1cnn(C2CCN(C(=O)c3ccc(Cc4cccc(F)c4)cc3)CC2)c1)c1ccnc(C(F)F)c1. The Morgan fingerprint density at radius 1 is 0.974 bits per heavy atom. The number of nitrogens with zero attached hydrogens (tertiary/aromatic N) is 4. The fourth-order valence-electron chi connectivity index (χ4n) is 4.68. The second-order valence-electron chi connectivity index (χ2n) is 9.46. The molecule has 7 nitrogen and oxygen atoms in total. The van der Waals surface area contributed by atoms with Crippen LogP contribution in [0, 0.1) is 5.82 Å². The Labute approximate surface area is 223 Å². The first kappa shape index (κ1) is 26.1. The van der Waals surface area contributed by atoms with E-state index in [1.165, 1.54) is 30.6 Å². The van der Waals surface area contributed by atoms with Crippen LogP contribution in [0.3, 0.4) is 0 Å². The van der Waals surface area contributed by atoms with Crippen molar-refractivity contribution in [2.75, 3.05) is 18.4 Å². The molecule has 1 fully saturated rings. The number of benzene rings is 2. The third-order valence-corrected chi connectivity index (χ3v) is 6.75. The summed E-state index contributed by atoms with van der Waals surface area (Å²) in [5, 5.41) is 7.03. The van der Waals surface area contributed by atoms with Crippen molar-refractivity contribution in [3.63, 3.8) is 0 Å². The Morgan fingerprint density at radius 2 is 1.74 bits per heavy atom. The monoisotopic (exact) mass is 533 g/mol. The molecule has 0 saturated carbocycles. The van der Waals surface area contributed by atoms with E-state index in [0.29, 0.717) is 43.6 Å². The third-order valence-electron chi connectivity index (χ3n) is 6.75. The Kier molecular flexibility index (Phi) is 7.72. The maximum absolute atomic E-state index is 13.4. The molecule has 1 aliphatic rings. The average molecular weight is 534 g/mol. The van der Waals surface area contributed by atoms with Crippen LogP contribution in [0.1, 0.15) is 62.8 Å². The van der Waals surface area contributed by atoms with Crippen molar-refractivity contribution >= 4 is 17.5 Å². The van der Waals surface area contributed by atoms with Gasteiger partial charge >= 0.3 is 0 Å². The second-order valence-corrected chi connectivity index (χ2v) is 9.46. The van der Waals surface area contributed by atoms with E-state index in [1.807, 2.05) is 23.1 Å². The van der Waals surface area contributed by atoms with Gasteiger partial charge in [0.2, 0.25) is 0 Å². The first-order valence-electron chi connectivity index (χ1n) is 12.6. The molecule has 200 valence electrons. The lowest BCUT2D eigenvalue weighted by Gasteiger charge is -2.32. The summed E-state index contributed by atoms with van der Waals surface area (Å²) in [6.07, 6.45) is 3.60. The minimum absolute atomic E-state index is 0.0420. The highest BCUT2D eigenvalue weighted by molar-refractivity contribution is 6.04. The second kappa shape index (κ2) is 11.5. The molecule has 2 aromatic carbocycles. The Balaban J connectivity index is 1.14. The van der Waals surface area contributed by atoms with Crippen LogP contribution in [-0.4, -0.2) is 44.6 Å². The number of alkyl halides is 2. The highest BCUT2D eigenvalue weighted by Gasteiger charge is 2.25. The van der Waals surface area contributed by atoms with Gasteiger partial charge in [0.25, 0.3) is 18.2 Å². The Morgan fingerprint density at radius 3 is 2.46 bits per heavy atom. The van der Waals surface area contributed by atoms with Gasteiger partial charge in [0.1, 0.15) is 11.5 Å². The minimum Gasteiger partial charge on any atom is -0.338 e. The molecule has 10 heteroatoms. The average Bonchev–Trinajstić information content (AvgIpc) is 3.41. The molecule has 0 unspecified atom stereocenters. The van der Waals surface area contributed by atoms with Crippen molar-refractivity contribution in [1.82, 2.24) is 19.7 Å². The normalized spacial score (nSPS) is 14.0. The molecule has 0 spiro atoms. The van der Waals surface area contributed by atoms with E-state index < -0.39 is 18.0 Å². The van der Waals surface area contributed by atoms with Gasteiger partial charge < -0.3 is 10.2 Å². The summed E-state index contributed by atoms with van der Waals surface area (Å²) in [6.45, 7) is 1.12. The number of carbonyl (C=O) groups excluding carboxylic acids is 2. The van der Waals surface area contributed by atoms with Crippen molar-refractivity contribution in [3.05, 3.63) is 113 Å². The number of anilines is 1. The van der Waals surface area contributed by atoms with Crippen molar-refractivity contribution in [2.24, 2.45) is 0 Å². The summed E-state index contributed by atoms with van der Waals surface area (Å²) in [5.74, 6) is -0.838. The van der Waals surface area contributed by atoms with E-state index in [0.717, 1.165) is 17.2 Å². The summed E-state index contributed by atoms with van der Waals surface area (Å²) in [6, 6.07) is 16.4. The van der Waals surface area contributed by atoms with E-state index in [2.05, 4.69) is 15.4 Å². The number of hydrogen-bond acceptors (Lipinski definition) is 4. The standard InChI is InChI=1S/C29H26F3N5O2/c30-23-3-1-2-20(15-23)14-19-4-6-21(7-5-19)29(39)36-12-9-25(10-13-36)37-18-24(17-34-37)35-28(38)22-8-11-33-26(16-22)27(31)32/h1-8,11,15-18,25,27H,9-10,12-14H2,(H,35,38). The number of piperidine rings is 1. The van der Waals surface area contributed by atoms with Crippen LogP contribution in [0.15, 0.2) is 79.3 Å². The Hall–Kier alpha value is -4.47. The molecule has 2 amide bonds. The number of carbonyl (C=O) groups is 2. The first-order valence-corrected chi connectivity index (χ1v) is 12.6. The van der Waals surface area contributed by atoms with Gasteiger partial charge in [0, 0.05) is 36.6 Å². The van der Waals surface area contributed by atoms with Gasteiger partial charge in [-0.05, 0) is 66.8 Å². The van der Waals surface area contributed by atoms with Crippen LogP contribution in [0.5, 0.6) is 0 Å². The van der Waals surface area contributed by atoms with E-state index in [-0.39, 0.29) is 23.3 Å². The van der Waals surface area contributed by atoms with Crippen LogP contribution >= 0.6 is 0 Å². The predicted octanol–water partition coefficient (Wildman–Crippen LogP) is 5.68. The van der Waals surface area contributed by atoms with Gasteiger partial charge in [-0.25, -0.2) is 13.2 Å². The molecule has 1 aliphatic heterocycles. The summed E-state index contributed by atoms with van der Waals surface area (Å²) >= 11 is 0. The largest absolute Gasteiger partial charge is 0.338 e. The highest BCUT2D eigenvalue weighted by atomic mass is 19.3. The maximum Gasteiger partial charge on any atom is 0.280 e. The lowest BCUT2D eigenvalue weighted by molar-refractivity contribution is 0.0689. The molecular formula is C29H26F3N5O2. The molecule has 1 saturated heterocycles. The zero-order valence-corrected chi connectivity index (χ0v) is 20.9. The molecule has 3 heterocycles. The van der Waals surface area contributed by atoms with Crippen molar-refractivity contribution < 1.29 is 22.8 Å². The third kappa shape index (κ3) is 6.34. The number of nitrogens with one attached hydrogen (secondary N) is 1. The van der Waals surface area contributed by atoms with Gasteiger partial charge in [-0.3, -0.25) is 19.3 Å². The van der Waals surface area contributed by atoms with Crippen molar-refractivity contribution in [2.45, 2.75) is 31.7 Å². The van der Waals surface area contributed by atoms with Crippen LogP contribution in [0.25, 0.3) is 0 Å². The molecule has 5 rings (SSSR count). The maximum atomic E-state index is 13.4. The molecule has 2 aromatic heterocycles. The van der Waals surface area contributed by atoms with E-state index >= 15 is 0 Å². The molecule has 4 aromatic rings. The van der Waals surface area contributed by atoms with Gasteiger partial charge in [0.15, 0.2) is 0 Å². The fourth-order valence-corrected chi connectivity index (χ4v) is 4.68. The van der Waals surface area contributed by atoms with Crippen molar-refractivity contribution in [1.29, 1.82) is 0 Å². The number of halogens is 3. The van der Waals surface area contributed by atoms with E-state index in [1.54, 1.807) is 29.1 Å². The van der Waals surface area contributed by atoms with Crippen LogP contribution in [-0.2, 0) is 6.42 Å². The van der Waals surface area contributed by atoms with Crippen molar-refractivity contribution in [3.8, 4) is 0 Å². The summed E-state index contributed by atoms with van der Waals surface area (Å²) in [7, 11) is 0. The summed E-state index contributed by atoms with van der Waals surface area (Å²) in [4.78, 5) is 30.9. The highest BCUT2D eigenvalue weighted by Crippen LogP contribution is 2.25. The molecule has 39 heavy (non-hydrogen) atoms. The predicted molar refractivity (Wildman–Crippen MR) is 139 cm³/mol. The number of pyridine rings is 1. The lowest BCUT2D eigenvalue weighted by atomic mass is 10.0. The number of hydrogen-bond donors (Lipinski definition) is 1. The van der Waals surface area contributed by atoms with E-state index in [9.17, 15) is 22.8 Å². The quantitative estimate of drug-likeness (QED) is 0.332. The lowest BCUT2D eigenvalue weighted by Crippen LogP contribution is -2.39. The minimum atomic E-state index is -2.76. The molecule has 0 radical (unpaired) electrons. The number of amides is 2. The molecular weight excluding hydrogens is 507 g/mol. The number of aromatic nitrogens is 3. The fraction of sp³-hybridized carbons (Fsp3) is 0.241. The van der Waals surface area contributed by atoms with E-state index in [4.69, 9.17) is 0 Å². The van der Waals surface area contributed by atoms with Crippen LogP contribution in [0.4, 0.5) is 18.9 Å². The van der Waals surface area contributed by atoms with Gasteiger partial charge in [-0.15, -0.1) is 0 Å². The first-order chi connectivity index (χ1) is 18.9. The topological polar surface area (TPSA) is 80.1 Å². The molecule has 0 atom stereocenters. The number of likely N-dealkylation sites (tertiary alicyclic amines) is 1. The number of rotatable bonds is 7. The van der Waals surface area contributed by atoms with Gasteiger partial charge in [0.05, 0.1) is 17.9 Å². The van der Waals surface area contributed by atoms with Gasteiger partial charge in [-0.1, -0.05) is 24.3 Å². The van der Waals surface area contributed by atoms with Gasteiger partial charge in [-0.2, -0.15) is 5.10 Å². The van der Waals surface area contributed by atoms with Crippen LogP contribution in [0.2, 0.25) is 0 Å². The summed E-state index contributed by atoms with van der Waals surface area (Å²) in [5.41, 5.74) is 2.55. The molecule has 0 aliphatic carbocycles.